The summed E-state index contributed by atoms with van der Waals surface area (Å²) in [5, 5.41) is 0. The molecule has 5 heteroatoms. The summed E-state index contributed by atoms with van der Waals surface area (Å²) >= 11 is 2.24. The van der Waals surface area contributed by atoms with Gasteiger partial charge in [-0.2, -0.15) is 0 Å². The van der Waals surface area contributed by atoms with Gasteiger partial charge in [0.1, 0.15) is 0 Å². The number of hydrogen-bond acceptors (Lipinski definition) is 4. The van der Waals surface area contributed by atoms with E-state index in [4.69, 9.17) is 4.42 Å². The molecule has 0 atom stereocenters. The summed E-state index contributed by atoms with van der Waals surface area (Å²) in [6.07, 6.45) is 0. The second-order valence-corrected chi connectivity index (χ2v) is 6.56. The van der Waals surface area contributed by atoms with Crippen LogP contribution in [0.2, 0.25) is 0 Å². The number of anilines is 1. The second kappa shape index (κ2) is 6.54. The Morgan fingerprint density at radius 1 is 1.00 bits per heavy atom. The highest BCUT2D eigenvalue weighted by Gasteiger charge is 2.09. The van der Waals surface area contributed by atoms with Crippen LogP contribution in [0.15, 0.2) is 63.8 Å². The Morgan fingerprint density at radius 3 is 2.39 bits per heavy atom. The van der Waals surface area contributed by atoms with Gasteiger partial charge in [0.15, 0.2) is 0 Å². The number of halogens is 1. The quantitative estimate of drug-likeness (QED) is 0.603. The Bertz CT molecular complexity index is 886. The van der Waals surface area contributed by atoms with Gasteiger partial charge < -0.3 is 9.32 Å². The van der Waals surface area contributed by atoms with Gasteiger partial charge in [0.2, 0.25) is 5.89 Å². The van der Waals surface area contributed by atoms with E-state index in [1.807, 2.05) is 67.5 Å². The maximum Gasteiger partial charge on any atom is 0.339 e. The molecule has 1 aromatic heterocycles. The van der Waals surface area contributed by atoms with E-state index in [-0.39, 0.29) is 0 Å². The van der Waals surface area contributed by atoms with E-state index in [1.165, 1.54) is 6.07 Å². The fourth-order valence-electron chi connectivity index (χ4n) is 2.22. The van der Waals surface area contributed by atoms with Crippen LogP contribution in [0.25, 0.3) is 22.7 Å². The van der Waals surface area contributed by atoms with E-state index < -0.39 is 5.63 Å². The number of aromatic nitrogens is 1. The summed E-state index contributed by atoms with van der Waals surface area (Å²) in [4.78, 5) is 18.4. The molecule has 0 aliphatic heterocycles. The first-order valence-corrected chi connectivity index (χ1v) is 8.17. The lowest BCUT2D eigenvalue weighted by atomic mass is 10.1. The molecule has 0 saturated carbocycles. The third-order valence-corrected chi connectivity index (χ3v) is 4.10. The monoisotopic (exact) mass is 418 g/mol. The molecule has 1 heterocycles. The molecule has 3 rings (SSSR count). The molecule has 0 fully saturated rings. The first kappa shape index (κ1) is 15.7. The van der Waals surface area contributed by atoms with Crippen molar-refractivity contribution in [2.75, 3.05) is 19.0 Å². The predicted molar refractivity (Wildman–Crippen MR) is 101 cm³/mol. The molecule has 3 aromatic rings. The van der Waals surface area contributed by atoms with Gasteiger partial charge in [-0.05, 0) is 59.0 Å². The molecule has 116 valence electrons. The maximum atomic E-state index is 11.9. The molecule has 4 nitrogen and oxygen atoms in total. The van der Waals surface area contributed by atoms with E-state index >= 15 is 0 Å². The minimum Gasteiger partial charge on any atom is -0.404 e. The lowest BCUT2D eigenvalue weighted by molar-refractivity contribution is 0.508. The first-order chi connectivity index (χ1) is 11.0. The van der Waals surface area contributed by atoms with Gasteiger partial charge in [0, 0.05) is 34.5 Å². The summed E-state index contributed by atoms with van der Waals surface area (Å²) in [5.41, 5.74) is 2.97. The molecular formula is C18H15IN2O2. The van der Waals surface area contributed by atoms with Crippen LogP contribution in [-0.4, -0.2) is 19.1 Å². The highest BCUT2D eigenvalue weighted by Crippen LogP contribution is 2.24. The van der Waals surface area contributed by atoms with Gasteiger partial charge in [-0.25, -0.2) is 9.78 Å². The van der Waals surface area contributed by atoms with Crippen molar-refractivity contribution in [2.24, 2.45) is 0 Å². The highest BCUT2D eigenvalue weighted by atomic mass is 127. The van der Waals surface area contributed by atoms with Gasteiger partial charge in [0.25, 0.3) is 0 Å². The molecule has 23 heavy (non-hydrogen) atoms. The summed E-state index contributed by atoms with van der Waals surface area (Å²) in [6.45, 7) is 0. The van der Waals surface area contributed by atoms with E-state index in [2.05, 4.69) is 27.6 Å². The van der Waals surface area contributed by atoms with Gasteiger partial charge in [-0.1, -0.05) is 12.1 Å². The van der Waals surface area contributed by atoms with Crippen molar-refractivity contribution in [3.05, 3.63) is 68.6 Å². The summed E-state index contributed by atoms with van der Waals surface area (Å²) in [7, 11) is 3.95. The number of rotatable bonds is 3. The largest absolute Gasteiger partial charge is 0.404 e. The fraction of sp³-hybridized carbons (Fsp3) is 0.111. The van der Waals surface area contributed by atoms with Crippen molar-refractivity contribution < 1.29 is 4.42 Å². The third kappa shape index (κ3) is 3.61. The lowest BCUT2D eigenvalue weighted by Crippen LogP contribution is -2.08. The van der Waals surface area contributed by atoms with Crippen LogP contribution in [0.5, 0.6) is 0 Å². The summed E-state index contributed by atoms with van der Waals surface area (Å²) in [5.74, 6) is 0.330. The fourth-order valence-corrected chi connectivity index (χ4v) is 2.77. The average Bonchev–Trinajstić information content (AvgIpc) is 2.54. The van der Waals surface area contributed by atoms with Gasteiger partial charge in [-0.3, -0.25) is 0 Å². The van der Waals surface area contributed by atoms with Crippen molar-refractivity contribution >= 4 is 28.3 Å². The maximum absolute atomic E-state index is 11.9. The zero-order valence-corrected chi connectivity index (χ0v) is 14.9. The van der Waals surface area contributed by atoms with Gasteiger partial charge in [-0.15, -0.1) is 0 Å². The minimum atomic E-state index is -0.402. The average molecular weight is 418 g/mol. The summed E-state index contributed by atoms with van der Waals surface area (Å²) < 4.78 is 6.36. The predicted octanol–water partition coefficient (Wildman–Crippen LogP) is 4.04. The van der Waals surface area contributed by atoms with E-state index in [0.29, 0.717) is 11.6 Å². The van der Waals surface area contributed by atoms with Crippen LogP contribution in [0.4, 0.5) is 5.69 Å². The number of hydrogen-bond donors (Lipinski definition) is 0. The molecule has 0 radical (unpaired) electrons. The van der Waals surface area contributed by atoms with Gasteiger partial charge in [0.05, 0.1) is 11.8 Å². The molecular weight excluding hydrogens is 403 g/mol. The molecule has 2 aromatic carbocycles. The molecule has 0 amide bonds. The van der Waals surface area contributed by atoms with Crippen LogP contribution in [0.3, 0.4) is 0 Å². The molecule has 0 saturated heterocycles. The van der Waals surface area contributed by atoms with Gasteiger partial charge >= 0.3 is 5.63 Å². The Hall–Kier alpha value is -2.15. The Balaban J connectivity index is 2.05. The SMILES string of the molecule is CN(C)c1ccc(-c2nc(-c3cccc(I)c3)cc(=O)o2)cc1. The normalized spacial score (nSPS) is 10.6. The van der Waals surface area contributed by atoms with Crippen LogP contribution in [0.1, 0.15) is 0 Å². The molecule has 0 bridgehead atoms. The molecule has 0 aliphatic rings. The Kier molecular flexibility index (Phi) is 4.47. The summed E-state index contributed by atoms with van der Waals surface area (Å²) in [6, 6.07) is 17.0. The van der Waals surface area contributed by atoms with Crippen LogP contribution >= 0.6 is 22.6 Å². The van der Waals surface area contributed by atoms with Crippen LogP contribution < -0.4 is 10.5 Å². The van der Waals surface area contributed by atoms with Crippen molar-refractivity contribution in [2.45, 2.75) is 0 Å². The van der Waals surface area contributed by atoms with Crippen molar-refractivity contribution in [1.29, 1.82) is 0 Å². The lowest BCUT2D eigenvalue weighted by Gasteiger charge is -2.12. The Morgan fingerprint density at radius 2 is 1.74 bits per heavy atom. The minimum absolute atomic E-state index is 0.330. The third-order valence-electron chi connectivity index (χ3n) is 3.42. The highest BCUT2D eigenvalue weighted by molar-refractivity contribution is 14.1. The Labute approximate surface area is 147 Å². The van der Waals surface area contributed by atoms with E-state index in [9.17, 15) is 4.79 Å². The smallest absolute Gasteiger partial charge is 0.339 e. The van der Waals surface area contributed by atoms with Crippen LogP contribution in [-0.2, 0) is 0 Å². The number of nitrogens with zero attached hydrogens (tertiary/aromatic N) is 2. The first-order valence-electron chi connectivity index (χ1n) is 7.09. The molecule has 0 unspecified atom stereocenters. The van der Waals surface area contributed by atoms with E-state index in [0.717, 1.165) is 20.4 Å². The molecule has 0 N–H and O–H groups in total. The topological polar surface area (TPSA) is 46.3 Å². The van der Waals surface area contributed by atoms with Crippen molar-refractivity contribution in [3.8, 4) is 22.7 Å². The standard InChI is InChI=1S/C18H15IN2O2/c1-21(2)15-8-6-12(7-9-15)18-20-16(11-17(22)23-18)13-4-3-5-14(19)10-13/h3-11H,1-2H3. The zero-order valence-electron chi connectivity index (χ0n) is 12.8. The molecule has 0 aliphatic carbocycles. The zero-order chi connectivity index (χ0) is 16.4. The molecule has 0 spiro atoms. The second-order valence-electron chi connectivity index (χ2n) is 5.32. The van der Waals surface area contributed by atoms with E-state index in [1.54, 1.807) is 0 Å². The van der Waals surface area contributed by atoms with Crippen molar-refractivity contribution in [3.63, 3.8) is 0 Å². The number of benzene rings is 2. The van der Waals surface area contributed by atoms with Crippen LogP contribution in [0, 0.1) is 3.57 Å². The van der Waals surface area contributed by atoms with Crippen molar-refractivity contribution in [1.82, 2.24) is 4.98 Å².